The summed E-state index contributed by atoms with van der Waals surface area (Å²) in [4.78, 5) is 13.4. The standard InChI is InChI=1S/C26H30N5OS/c1-19-14-20(2)30(27-19)17-22-15-24(31(28-22)23-9-4-3-5-10-23)21-8-6-12-29(16-21)18-25(32)26-11-7-13-33-26/h6-8,11-16,23H,3-5,9-10,17-18H2,1-2H3/q+1. The molecule has 1 saturated carbocycles. The highest BCUT2D eigenvalue weighted by Gasteiger charge is 2.23. The van der Waals surface area contributed by atoms with E-state index in [0.717, 1.165) is 46.1 Å². The van der Waals surface area contributed by atoms with Gasteiger partial charge in [0.15, 0.2) is 12.4 Å². The molecule has 1 fully saturated rings. The number of hydrogen-bond donors (Lipinski definition) is 0. The number of carbonyl (C=O) groups is 1. The van der Waals surface area contributed by atoms with Crippen molar-refractivity contribution in [3.8, 4) is 11.3 Å². The van der Waals surface area contributed by atoms with Crippen molar-refractivity contribution in [3.05, 3.63) is 76.1 Å². The first-order valence-corrected chi connectivity index (χ1v) is 12.6. The van der Waals surface area contributed by atoms with E-state index in [-0.39, 0.29) is 5.78 Å². The molecule has 6 nitrogen and oxygen atoms in total. The number of ketones is 1. The highest BCUT2D eigenvalue weighted by atomic mass is 32.1. The second kappa shape index (κ2) is 9.43. The lowest BCUT2D eigenvalue weighted by atomic mass is 9.95. The maximum atomic E-state index is 12.6. The predicted molar refractivity (Wildman–Crippen MR) is 129 cm³/mol. The summed E-state index contributed by atoms with van der Waals surface area (Å²) in [6.07, 6.45) is 10.2. The van der Waals surface area contributed by atoms with Gasteiger partial charge in [-0.1, -0.05) is 25.3 Å². The minimum absolute atomic E-state index is 0.137. The second-order valence-electron chi connectivity index (χ2n) is 9.01. The Balaban J connectivity index is 1.47. The van der Waals surface area contributed by atoms with Crippen molar-refractivity contribution in [3.63, 3.8) is 0 Å². The fourth-order valence-electron chi connectivity index (χ4n) is 4.78. The van der Waals surface area contributed by atoms with Crippen LogP contribution in [0.15, 0.2) is 54.2 Å². The molecule has 0 atom stereocenters. The average Bonchev–Trinajstić information content (AvgIpc) is 3.56. The monoisotopic (exact) mass is 460 g/mol. The lowest BCUT2D eigenvalue weighted by molar-refractivity contribution is -0.682. The second-order valence-corrected chi connectivity index (χ2v) is 9.96. The first-order valence-electron chi connectivity index (χ1n) is 11.7. The molecule has 7 heteroatoms. The summed E-state index contributed by atoms with van der Waals surface area (Å²) in [6, 6.07) is 12.7. The van der Waals surface area contributed by atoms with Crippen LogP contribution < -0.4 is 4.57 Å². The Morgan fingerprint density at radius 1 is 1.12 bits per heavy atom. The van der Waals surface area contributed by atoms with Crippen molar-refractivity contribution in [2.75, 3.05) is 0 Å². The molecule has 0 N–H and O–H groups in total. The highest BCUT2D eigenvalue weighted by Crippen LogP contribution is 2.32. The molecule has 0 amide bonds. The molecule has 0 aliphatic heterocycles. The SMILES string of the molecule is Cc1cc(C)n(Cc2cc(-c3ccc[n+](CC(=O)c4cccs4)c3)n(C3CCCCC3)n2)n1. The number of pyridine rings is 1. The lowest BCUT2D eigenvalue weighted by Gasteiger charge is -2.23. The van der Waals surface area contributed by atoms with Gasteiger partial charge in [-0.15, -0.1) is 11.3 Å². The van der Waals surface area contributed by atoms with Crippen molar-refractivity contribution in [2.24, 2.45) is 0 Å². The van der Waals surface area contributed by atoms with Crippen LogP contribution in [0.3, 0.4) is 0 Å². The summed E-state index contributed by atoms with van der Waals surface area (Å²) in [5.41, 5.74) is 5.40. The van der Waals surface area contributed by atoms with Gasteiger partial charge < -0.3 is 0 Å². The van der Waals surface area contributed by atoms with Gasteiger partial charge in [-0.25, -0.2) is 0 Å². The van der Waals surface area contributed by atoms with Gasteiger partial charge in [-0.05, 0) is 56.3 Å². The summed E-state index contributed by atoms with van der Waals surface area (Å²) in [5, 5.41) is 11.6. The van der Waals surface area contributed by atoms with Crippen LogP contribution in [0.4, 0.5) is 0 Å². The third-order valence-electron chi connectivity index (χ3n) is 6.40. The molecule has 0 saturated heterocycles. The number of aromatic nitrogens is 5. The third-order valence-corrected chi connectivity index (χ3v) is 7.31. The Bertz CT molecular complexity index is 1250. The van der Waals surface area contributed by atoms with Crippen LogP contribution in [-0.4, -0.2) is 25.3 Å². The van der Waals surface area contributed by atoms with Crippen molar-refractivity contribution in [1.82, 2.24) is 19.6 Å². The van der Waals surface area contributed by atoms with Gasteiger partial charge >= 0.3 is 0 Å². The number of thiophene rings is 1. The molecule has 0 bridgehead atoms. The Hall–Kier alpha value is -3.06. The summed E-state index contributed by atoms with van der Waals surface area (Å²) in [5.74, 6) is 0.137. The lowest BCUT2D eigenvalue weighted by Crippen LogP contribution is -2.37. The number of Topliss-reactive ketones (excluding diaryl/α,β-unsaturated/α-hetero) is 1. The zero-order valence-electron chi connectivity index (χ0n) is 19.3. The van der Waals surface area contributed by atoms with E-state index in [0.29, 0.717) is 19.1 Å². The molecule has 5 rings (SSSR count). The predicted octanol–water partition coefficient (Wildman–Crippen LogP) is 5.15. The molecule has 1 aliphatic rings. The molecule has 1 aliphatic carbocycles. The van der Waals surface area contributed by atoms with Crippen LogP contribution in [0.25, 0.3) is 11.3 Å². The minimum atomic E-state index is 0.137. The molecule has 0 radical (unpaired) electrons. The van der Waals surface area contributed by atoms with Gasteiger partial charge in [0.1, 0.15) is 0 Å². The van der Waals surface area contributed by atoms with E-state index in [1.54, 1.807) is 0 Å². The fourth-order valence-corrected chi connectivity index (χ4v) is 5.44. The van der Waals surface area contributed by atoms with Crippen molar-refractivity contribution < 1.29 is 9.36 Å². The van der Waals surface area contributed by atoms with Crippen LogP contribution in [-0.2, 0) is 13.1 Å². The maximum Gasteiger partial charge on any atom is 0.237 e. The zero-order chi connectivity index (χ0) is 22.8. The Morgan fingerprint density at radius 2 is 1.97 bits per heavy atom. The number of aryl methyl sites for hydroxylation is 2. The van der Waals surface area contributed by atoms with Crippen molar-refractivity contribution in [2.45, 2.75) is 65.1 Å². The van der Waals surface area contributed by atoms with Crippen LogP contribution in [0.5, 0.6) is 0 Å². The minimum Gasteiger partial charge on any atom is -0.286 e. The number of carbonyl (C=O) groups excluding carboxylic acids is 1. The quantitative estimate of drug-likeness (QED) is 0.283. The molecular weight excluding hydrogens is 430 g/mol. The molecular formula is C26H30N5OS+. The van der Waals surface area contributed by atoms with E-state index in [9.17, 15) is 4.79 Å². The van der Waals surface area contributed by atoms with Gasteiger partial charge in [0.2, 0.25) is 12.3 Å². The van der Waals surface area contributed by atoms with E-state index in [1.165, 1.54) is 30.6 Å². The number of hydrogen-bond acceptors (Lipinski definition) is 4. The number of nitrogens with zero attached hydrogens (tertiary/aromatic N) is 5. The summed E-state index contributed by atoms with van der Waals surface area (Å²) >= 11 is 1.49. The molecule has 4 aromatic rings. The van der Waals surface area contributed by atoms with Gasteiger partial charge in [0.25, 0.3) is 0 Å². The summed E-state index contributed by atoms with van der Waals surface area (Å²) in [7, 11) is 0. The topological polar surface area (TPSA) is 56.6 Å². The van der Waals surface area contributed by atoms with Crippen molar-refractivity contribution in [1.29, 1.82) is 0 Å². The normalized spacial score (nSPS) is 14.6. The Kier molecular flexibility index (Phi) is 6.22. The smallest absolute Gasteiger partial charge is 0.237 e. The van der Waals surface area contributed by atoms with Crippen LogP contribution in [0.1, 0.15) is 64.9 Å². The van der Waals surface area contributed by atoms with E-state index in [4.69, 9.17) is 5.10 Å². The van der Waals surface area contributed by atoms with E-state index >= 15 is 0 Å². The van der Waals surface area contributed by atoms with Gasteiger partial charge in [0, 0.05) is 11.8 Å². The summed E-state index contributed by atoms with van der Waals surface area (Å²) < 4.78 is 6.24. The first-order chi connectivity index (χ1) is 16.1. The zero-order valence-corrected chi connectivity index (χ0v) is 20.1. The number of rotatable bonds is 7. The van der Waals surface area contributed by atoms with E-state index in [1.807, 2.05) is 45.9 Å². The van der Waals surface area contributed by atoms with Crippen LogP contribution in [0, 0.1) is 13.8 Å². The Labute approximate surface area is 198 Å². The average molecular weight is 461 g/mol. The van der Waals surface area contributed by atoms with Crippen molar-refractivity contribution >= 4 is 17.1 Å². The van der Waals surface area contributed by atoms with Gasteiger partial charge in [-0.2, -0.15) is 14.8 Å². The third kappa shape index (κ3) is 4.83. The van der Waals surface area contributed by atoms with Gasteiger partial charge in [-0.3, -0.25) is 14.2 Å². The van der Waals surface area contributed by atoms with Gasteiger partial charge in [0.05, 0.1) is 40.1 Å². The molecule has 0 spiro atoms. The van der Waals surface area contributed by atoms with Crippen LogP contribution in [0.2, 0.25) is 0 Å². The fraction of sp³-hybridized carbons (Fsp3) is 0.385. The Morgan fingerprint density at radius 3 is 2.70 bits per heavy atom. The first kappa shape index (κ1) is 21.8. The molecule has 4 heterocycles. The molecule has 170 valence electrons. The molecule has 0 aromatic carbocycles. The van der Waals surface area contributed by atoms with Crippen LogP contribution >= 0.6 is 11.3 Å². The molecule has 0 unspecified atom stereocenters. The largest absolute Gasteiger partial charge is 0.286 e. The maximum absolute atomic E-state index is 12.6. The highest BCUT2D eigenvalue weighted by molar-refractivity contribution is 7.12. The van der Waals surface area contributed by atoms with E-state index < -0.39 is 0 Å². The van der Waals surface area contributed by atoms with E-state index in [2.05, 4.69) is 41.1 Å². The molecule has 4 aromatic heterocycles. The molecule has 33 heavy (non-hydrogen) atoms. The summed E-state index contributed by atoms with van der Waals surface area (Å²) in [6.45, 7) is 5.11.